The fourth-order valence-electron chi connectivity index (χ4n) is 2.63. The summed E-state index contributed by atoms with van der Waals surface area (Å²) in [5.74, 6) is 1.01. The van der Waals surface area contributed by atoms with Crippen molar-refractivity contribution in [2.45, 2.75) is 38.1 Å². The lowest BCUT2D eigenvalue weighted by atomic mass is 9.95. The molecule has 3 rings (SSSR count). The smallest absolute Gasteiger partial charge is 0.232 e. The summed E-state index contributed by atoms with van der Waals surface area (Å²) < 4.78 is 5.75. The zero-order valence-electron chi connectivity index (χ0n) is 11.3. The summed E-state index contributed by atoms with van der Waals surface area (Å²) in [5, 5.41) is 12.5. The highest BCUT2D eigenvalue weighted by Gasteiger charge is 2.19. The first-order valence-corrected chi connectivity index (χ1v) is 7.09. The third-order valence-corrected chi connectivity index (χ3v) is 3.69. The molecular formula is C16H17N3O. The third kappa shape index (κ3) is 2.67. The van der Waals surface area contributed by atoms with E-state index in [1.165, 1.54) is 19.3 Å². The fraction of sp³-hybridized carbons (Fsp3) is 0.375. The van der Waals surface area contributed by atoms with Crippen molar-refractivity contribution in [3.63, 3.8) is 0 Å². The molecule has 1 N–H and O–H groups in total. The summed E-state index contributed by atoms with van der Waals surface area (Å²) in [6.45, 7) is 0. The van der Waals surface area contributed by atoms with E-state index in [1.54, 1.807) is 0 Å². The zero-order valence-corrected chi connectivity index (χ0v) is 11.3. The second-order valence-corrected chi connectivity index (χ2v) is 5.15. The molecule has 1 aromatic heterocycles. The van der Waals surface area contributed by atoms with Gasteiger partial charge in [-0.3, -0.25) is 0 Å². The van der Waals surface area contributed by atoms with Crippen LogP contribution in [0.3, 0.4) is 0 Å². The lowest BCUT2D eigenvalue weighted by molar-refractivity contribution is 0.451. The van der Waals surface area contributed by atoms with Gasteiger partial charge in [-0.25, -0.2) is 0 Å². The van der Waals surface area contributed by atoms with Gasteiger partial charge in [0.05, 0.1) is 0 Å². The topological polar surface area (TPSA) is 61.9 Å². The Balaban J connectivity index is 1.84. The van der Waals surface area contributed by atoms with Crippen molar-refractivity contribution in [2.75, 3.05) is 5.32 Å². The number of oxazole rings is 1. The van der Waals surface area contributed by atoms with Crippen molar-refractivity contribution in [1.29, 1.82) is 5.26 Å². The summed E-state index contributed by atoms with van der Waals surface area (Å²) in [6, 6.07) is 12.2. The van der Waals surface area contributed by atoms with E-state index in [0.29, 0.717) is 23.5 Å². The lowest BCUT2D eigenvalue weighted by Crippen LogP contribution is -2.22. The van der Waals surface area contributed by atoms with E-state index in [0.717, 1.165) is 18.4 Å². The Morgan fingerprint density at radius 3 is 2.60 bits per heavy atom. The molecule has 20 heavy (non-hydrogen) atoms. The Bertz CT molecular complexity index is 606. The molecule has 4 heteroatoms. The highest BCUT2D eigenvalue weighted by molar-refractivity contribution is 5.58. The Morgan fingerprint density at radius 2 is 1.90 bits per heavy atom. The van der Waals surface area contributed by atoms with Crippen LogP contribution in [0.1, 0.15) is 37.8 Å². The quantitative estimate of drug-likeness (QED) is 0.914. The molecule has 4 nitrogen and oxygen atoms in total. The maximum Gasteiger partial charge on any atom is 0.232 e. The minimum atomic E-state index is 0.342. The van der Waals surface area contributed by atoms with E-state index in [4.69, 9.17) is 4.42 Å². The van der Waals surface area contributed by atoms with Gasteiger partial charge in [0.15, 0.2) is 0 Å². The molecule has 0 radical (unpaired) electrons. The van der Waals surface area contributed by atoms with E-state index >= 15 is 0 Å². The van der Waals surface area contributed by atoms with Crippen LogP contribution in [0.4, 0.5) is 5.88 Å². The Morgan fingerprint density at radius 1 is 1.15 bits per heavy atom. The predicted octanol–water partition coefficient (Wildman–Crippen LogP) is 3.96. The number of anilines is 1. The SMILES string of the molecule is N#Cc1nc(-c2ccccc2)oc1NC1CCCCC1. The van der Waals surface area contributed by atoms with Crippen molar-refractivity contribution in [3.05, 3.63) is 36.0 Å². The fourth-order valence-corrected chi connectivity index (χ4v) is 2.63. The van der Waals surface area contributed by atoms with E-state index < -0.39 is 0 Å². The van der Waals surface area contributed by atoms with E-state index in [9.17, 15) is 5.26 Å². The van der Waals surface area contributed by atoms with Gasteiger partial charge in [0, 0.05) is 11.6 Å². The van der Waals surface area contributed by atoms with Gasteiger partial charge in [-0.1, -0.05) is 37.5 Å². The maximum absolute atomic E-state index is 9.20. The number of hydrogen-bond donors (Lipinski definition) is 1. The van der Waals surface area contributed by atoms with Crippen molar-refractivity contribution in [3.8, 4) is 17.5 Å². The van der Waals surface area contributed by atoms with Crippen molar-refractivity contribution in [2.24, 2.45) is 0 Å². The van der Waals surface area contributed by atoms with Gasteiger partial charge >= 0.3 is 0 Å². The third-order valence-electron chi connectivity index (χ3n) is 3.69. The average Bonchev–Trinajstić information content (AvgIpc) is 2.92. The van der Waals surface area contributed by atoms with Crippen LogP contribution < -0.4 is 5.32 Å². The van der Waals surface area contributed by atoms with Crippen molar-refractivity contribution >= 4 is 5.88 Å². The van der Waals surface area contributed by atoms with Crippen LogP contribution in [-0.4, -0.2) is 11.0 Å². The number of benzene rings is 1. The molecule has 0 bridgehead atoms. The first-order valence-electron chi connectivity index (χ1n) is 7.09. The standard InChI is InChI=1S/C16H17N3O/c17-11-14-16(18-13-9-5-2-6-10-13)20-15(19-14)12-7-3-1-4-8-12/h1,3-4,7-8,13,18H,2,5-6,9-10H2. The Kier molecular flexibility index (Phi) is 3.69. The first-order chi connectivity index (χ1) is 9.86. The van der Waals surface area contributed by atoms with E-state index in [-0.39, 0.29) is 0 Å². The van der Waals surface area contributed by atoms with Crippen molar-refractivity contribution < 1.29 is 4.42 Å². The maximum atomic E-state index is 9.20. The molecule has 1 saturated carbocycles. The van der Waals surface area contributed by atoms with Crippen LogP contribution in [0.2, 0.25) is 0 Å². The largest absolute Gasteiger partial charge is 0.419 e. The predicted molar refractivity (Wildman–Crippen MR) is 77.1 cm³/mol. The van der Waals surface area contributed by atoms with Crippen LogP contribution in [0.15, 0.2) is 34.7 Å². The molecule has 0 unspecified atom stereocenters. The monoisotopic (exact) mass is 267 g/mol. The molecule has 2 aromatic rings. The Hall–Kier alpha value is -2.28. The van der Waals surface area contributed by atoms with E-state index in [2.05, 4.69) is 16.4 Å². The molecular weight excluding hydrogens is 250 g/mol. The molecule has 0 amide bonds. The van der Waals surface area contributed by atoms with Gasteiger partial charge in [-0.2, -0.15) is 10.2 Å². The number of hydrogen-bond acceptors (Lipinski definition) is 4. The van der Waals surface area contributed by atoms with Gasteiger partial charge in [0.1, 0.15) is 6.07 Å². The van der Waals surface area contributed by atoms with Crippen LogP contribution >= 0.6 is 0 Å². The molecule has 1 aliphatic carbocycles. The van der Waals surface area contributed by atoms with Gasteiger partial charge < -0.3 is 9.73 Å². The van der Waals surface area contributed by atoms with Gasteiger partial charge in [-0.05, 0) is 25.0 Å². The van der Waals surface area contributed by atoms with Gasteiger partial charge in [0.2, 0.25) is 17.5 Å². The van der Waals surface area contributed by atoms with E-state index in [1.807, 2.05) is 30.3 Å². The lowest BCUT2D eigenvalue weighted by Gasteiger charge is -2.22. The second-order valence-electron chi connectivity index (χ2n) is 5.15. The molecule has 1 fully saturated rings. The number of rotatable bonds is 3. The highest BCUT2D eigenvalue weighted by atomic mass is 16.4. The number of aromatic nitrogens is 1. The summed E-state index contributed by atoms with van der Waals surface area (Å²) in [6.07, 6.45) is 6.03. The van der Waals surface area contributed by atoms with Crippen molar-refractivity contribution in [1.82, 2.24) is 4.98 Å². The zero-order chi connectivity index (χ0) is 13.8. The normalized spacial score (nSPS) is 15.8. The number of nitriles is 1. The minimum Gasteiger partial charge on any atom is -0.419 e. The summed E-state index contributed by atoms with van der Waals surface area (Å²) in [4.78, 5) is 4.27. The molecule has 0 saturated heterocycles. The van der Waals surface area contributed by atoms with Gasteiger partial charge in [-0.15, -0.1) is 0 Å². The molecule has 1 aliphatic rings. The first kappa shape index (κ1) is 12.7. The molecule has 0 atom stereocenters. The molecule has 0 aliphatic heterocycles. The molecule has 0 spiro atoms. The summed E-state index contributed by atoms with van der Waals surface area (Å²) >= 11 is 0. The van der Waals surface area contributed by atoms with Crippen LogP contribution in [-0.2, 0) is 0 Å². The average molecular weight is 267 g/mol. The number of nitrogens with one attached hydrogen (secondary N) is 1. The second kappa shape index (κ2) is 5.79. The number of nitrogens with zero attached hydrogens (tertiary/aromatic N) is 2. The molecule has 102 valence electrons. The minimum absolute atomic E-state index is 0.342. The van der Waals surface area contributed by atoms with Crippen LogP contribution in [0, 0.1) is 11.3 Å². The van der Waals surface area contributed by atoms with Crippen LogP contribution in [0.5, 0.6) is 0 Å². The Labute approximate surface area is 118 Å². The van der Waals surface area contributed by atoms with Gasteiger partial charge in [0.25, 0.3) is 0 Å². The van der Waals surface area contributed by atoms with Crippen LogP contribution in [0.25, 0.3) is 11.5 Å². The molecule has 1 aromatic carbocycles. The summed E-state index contributed by atoms with van der Waals surface area (Å²) in [7, 11) is 0. The summed E-state index contributed by atoms with van der Waals surface area (Å²) in [5.41, 5.74) is 1.23. The highest BCUT2D eigenvalue weighted by Crippen LogP contribution is 2.28. The molecule has 1 heterocycles.